The Hall–Kier alpha value is -2.83. The first-order valence-electron chi connectivity index (χ1n) is 12.3. The minimum Gasteiger partial charge on any atom is -0.494 e. The third-order valence-corrected chi connectivity index (χ3v) is 6.92. The van der Waals surface area contributed by atoms with Crippen LogP contribution in [0.15, 0.2) is 60.7 Å². The summed E-state index contributed by atoms with van der Waals surface area (Å²) in [7, 11) is -3.94. The van der Waals surface area contributed by atoms with Crippen LogP contribution in [0.4, 0.5) is 8.78 Å². The summed E-state index contributed by atoms with van der Waals surface area (Å²) < 4.78 is 44.6. The molecule has 3 N–H and O–H groups in total. The highest BCUT2D eigenvalue weighted by Crippen LogP contribution is 2.34. The predicted octanol–water partition coefficient (Wildman–Crippen LogP) is 6.64. The highest BCUT2D eigenvalue weighted by atomic mass is 31.2. The first-order valence-corrected chi connectivity index (χ1v) is 14.1. The van der Waals surface area contributed by atoms with Gasteiger partial charge in [-0.15, -0.1) is 0 Å². The second kappa shape index (κ2) is 13.6. The Balaban J connectivity index is 1.55. The Morgan fingerprint density at radius 2 is 1.65 bits per heavy atom. The van der Waals surface area contributed by atoms with Crippen molar-refractivity contribution < 1.29 is 27.9 Å². The number of rotatable bonds is 13. The molecule has 0 radical (unpaired) electrons. The van der Waals surface area contributed by atoms with Crippen LogP contribution < -0.4 is 10.1 Å². The zero-order chi connectivity index (χ0) is 26.8. The Bertz CT molecular complexity index is 1240. The van der Waals surface area contributed by atoms with E-state index >= 15 is 0 Å². The van der Waals surface area contributed by atoms with Gasteiger partial charge in [0.25, 0.3) is 0 Å². The maximum absolute atomic E-state index is 13.9. The normalized spacial score (nSPS) is 12.1. The lowest BCUT2D eigenvalue weighted by Crippen LogP contribution is -2.15. The van der Waals surface area contributed by atoms with Gasteiger partial charge in [-0.1, -0.05) is 36.4 Å². The van der Waals surface area contributed by atoms with Gasteiger partial charge in [-0.05, 0) is 97.3 Å². The average Bonchev–Trinajstić information content (AvgIpc) is 2.82. The van der Waals surface area contributed by atoms with Crippen molar-refractivity contribution in [2.75, 3.05) is 19.3 Å². The number of nitrogens with one attached hydrogen (secondary N) is 1. The number of benzene rings is 3. The van der Waals surface area contributed by atoms with Crippen LogP contribution in [0.1, 0.15) is 47.1 Å². The number of hydrogen-bond acceptors (Lipinski definition) is 3. The maximum Gasteiger partial charge on any atom is 0.325 e. The number of hydrogen-bond donors (Lipinski definition) is 3. The van der Waals surface area contributed by atoms with E-state index in [1.807, 2.05) is 56.3 Å². The molecule has 0 amide bonds. The van der Waals surface area contributed by atoms with Gasteiger partial charge in [0.2, 0.25) is 0 Å². The first-order chi connectivity index (χ1) is 17.6. The van der Waals surface area contributed by atoms with Crippen LogP contribution in [0, 0.1) is 25.5 Å². The molecule has 0 saturated heterocycles. The zero-order valence-electron chi connectivity index (χ0n) is 21.2. The van der Waals surface area contributed by atoms with Crippen molar-refractivity contribution in [1.82, 2.24) is 5.32 Å². The lowest BCUT2D eigenvalue weighted by atomic mass is 9.97. The number of allylic oxidation sites excluding steroid dienone is 1. The first kappa shape index (κ1) is 28.7. The zero-order valence-corrected chi connectivity index (χ0v) is 22.1. The molecule has 198 valence electrons. The molecule has 0 aliphatic rings. The number of halogens is 2. The molecule has 0 atom stereocenters. The molecule has 5 nitrogen and oxygen atoms in total. The van der Waals surface area contributed by atoms with Crippen molar-refractivity contribution in [2.45, 2.75) is 39.7 Å². The number of ether oxygens (including phenoxy) is 1. The maximum atomic E-state index is 13.9. The fourth-order valence-corrected chi connectivity index (χ4v) is 4.46. The lowest BCUT2D eigenvalue weighted by molar-refractivity contribution is 0.313. The van der Waals surface area contributed by atoms with E-state index in [1.54, 1.807) is 0 Å². The molecule has 0 heterocycles. The third kappa shape index (κ3) is 10.2. The van der Waals surface area contributed by atoms with Crippen LogP contribution >= 0.6 is 7.60 Å². The van der Waals surface area contributed by atoms with Crippen LogP contribution in [0.3, 0.4) is 0 Å². The molecule has 0 bridgehead atoms. The molecule has 37 heavy (non-hydrogen) atoms. The topological polar surface area (TPSA) is 78.8 Å². The fourth-order valence-electron chi connectivity index (χ4n) is 3.89. The molecule has 0 spiro atoms. The largest absolute Gasteiger partial charge is 0.494 e. The van der Waals surface area contributed by atoms with Crippen LogP contribution in [0.2, 0.25) is 0 Å². The monoisotopic (exact) mass is 529 g/mol. The minimum atomic E-state index is -3.94. The van der Waals surface area contributed by atoms with Crippen molar-refractivity contribution in [2.24, 2.45) is 0 Å². The van der Waals surface area contributed by atoms with Crippen LogP contribution in [-0.2, 0) is 11.1 Å². The molecular weight excluding hydrogens is 495 g/mol. The second-order valence-electron chi connectivity index (χ2n) is 9.19. The van der Waals surface area contributed by atoms with Crippen molar-refractivity contribution >= 4 is 19.2 Å². The van der Waals surface area contributed by atoms with E-state index in [4.69, 9.17) is 14.5 Å². The van der Waals surface area contributed by atoms with Gasteiger partial charge in [0.1, 0.15) is 17.4 Å². The summed E-state index contributed by atoms with van der Waals surface area (Å²) in [5, 5.41) is 3.16. The van der Waals surface area contributed by atoms with Gasteiger partial charge in [-0.2, -0.15) is 0 Å². The van der Waals surface area contributed by atoms with E-state index in [0.29, 0.717) is 44.5 Å². The quantitative estimate of drug-likeness (QED) is 0.131. The smallest absolute Gasteiger partial charge is 0.325 e. The molecule has 0 aliphatic carbocycles. The van der Waals surface area contributed by atoms with E-state index in [9.17, 15) is 13.3 Å². The summed E-state index contributed by atoms with van der Waals surface area (Å²) in [6.07, 6.45) is 3.52. The van der Waals surface area contributed by atoms with Crippen molar-refractivity contribution in [1.29, 1.82) is 0 Å². The molecule has 0 aliphatic heterocycles. The molecule has 3 rings (SSSR count). The Labute approximate surface area is 217 Å². The van der Waals surface area contributed by atoms with Gasteiger partial charge in [-0.3, -0.25) is 4.57 Å². The Morgan fingerprint density at radius 1 is 0.946 bits per heavy atom. The fraction of sp³-hybridized carbons (Fsp3) is 0.310. The van der Waals surface area contributed by atoms with Crippen molar-refractivity contribution in [3.8, 4) is 5.75 Å². The molecule has 0 unspecified atom stereocenters. The summed E-state index contributed by atoms with van der Waals surface area (Å²) in [4.78, 5) is 17.8. The Kier molecular flexibility index (Phi) is 10.6. The molecule has 0 fully saturated rings. The minimum absolute atomic E-state index is 0.123. The van der Waals surface area contributed by atoms with E-state index in [1.165, 1.54) is 17.7 Å². The Morgan fingerprint density at radius 3 is 2.30 bits per heavy atom. The van der Waals surface area contributed by atoms with E-state index in [0.717, 1.165) is 34.1 Å². The van der Waals surface area contributed by atoms with Crippen molar-refractivity contribution in [3.05, 3.63) is 100 Å². The summed E-state index contributed by atoms with van der Waals surface area (Å²) in [5.74, 6) is -0.482. The molecule has 3 aromatic carbocycles. The van der Waals surface area contributed by atoms with Gasteiger partial charge in [-0.25, -0.2) is 8.78 Å². The predicted molar refractivity (Wildman–Crippen MR) is 145 cm³/mol. The molecule has 0 saturated carbocycles. The third-order valence-electron chi connectivity index (χ3n) is 6.02. The van der Waals surface area contributed by atoms with Gasteiger partial charge in [0.15, 0.2) is 0 Å². The highest BCUT2D eigenvalue weighted by molar-refractivity contribution is 7.51. The molecule has 3 aromatic rings. The van der Waals surface area contributed by atoms with Gasteiger partial charge < -0.3 is 19.8 Å². The lowest BCUT2D eigenvalue weighted by Gasteiger charge is -2.12. The summed E-state index contributed by atoms with van der Waals surface area (Å²) in [5.41, 5.74) is 5.72. The summed E-state index contributed by atoms with van der Waals surface area (Å²) >= 11 is 0. The highest BCUT2D eigenvalue weighted by Gasteiger charge is 2.11. The van der Waals surface area contributed by atoms with Crippen LogP contribution in [0.5, 0.6) is 5.75 Å². The summed E-state index contributed by atoms with van der Waals surface area (Å²) in [6, 6.07) is 17.3. The molecule has 0 aromatic heterocycles. The van der Waals surface area contributed by atoms with Crippen LogP contribution in [-0.4, -0.2) is 29.1 Å². The standard InChI is InChI=1S/C29H34F2NO4P/c1-21-6-7-24(15-22(21)2)16-25(26-17-27(30)19-28(31)18-26)5-3-13-36-29-10-8-23(9-11-29)20-32-12-4-14-37(33,34)35/h6-11,15-19,32H,3-5,12-14,20H2,1-2H3,(H2,33,34,35)/b25-16+. The van der Waals surface area contributed by atoms with E-state index in [-0.39, 0.29) is 6.16 Å². The van der Waals surface area contributed by atoms with Gasteiger partial charge >= 0.3 is 7.60 Å². The van der Waals surface area contributed by atoms with E-state index in [2.05, 4.69) is 11.4 Å². The second-order valence-corrected chi connectivity index (χ2v) is 11.0. The van der Waals surface area contributed by atoms with Crippen LogP contribution in [0.25, 0.3) is 11.6 Å². The molecule has 8 heteroatoms. The molecular formula is C29H34F2NO4P. The summed E-state index contributed by atoms with van der Waals surface area (Å²) in [6.45, 7) is 5.65. The van der Waals surface area contributed by atoms with Crippen molar-refractivity contribution in [3.63, 3.8) is 0 Å². The van der Waals surface area contributed by atoms with Gasteiger partial charge in [0.05, 0.1) is 12.8 Å². The van der Waals surface area contributed by atoms with E-state index < -0.39 is 19.2 Å². The SMILES string of the molecule is Cc1ccc(/C=C(\CCCOc2ccc(CNCCCP(=O)(O)O)cc2)c2cc(F)cc(F)c2)cc1C. The van der Waals surface area contributed by atoms with Gasteiger partial charge in [0, 0.05) is 12.6 Å². The average molecular weight is 530 g/mol. The number of aryl methyl sites for hydroxylation is 2.